The molecule has 0 unspecified atom stereocenters. The van der Waals surface area contributed by atoms with Crippen LogP contribution >= 0.6 is 23.6 Å². The van der Waals surface area contributed by atoms with Gasteiger partial charge >= 0.3 is 5.00 Å². The highest BCUT2D eigenvalue weighted by atomic mass is 32.1. The number of benzene rings is 2. The molecule has 0 amide bonds. The minimum atomic E-state index is -0.509. The standard InChI is InChI=1S/C18H15N5O3S2/c24-23(25)16-11-19-18(28-16)21-17(27)22-20-10-13-6-8-15(9-7-13)26-12-14-4-2-1-3-5-14/h1-11H,12H2,(H2,19,21,22,27)/b20-10-. The zero-order valence-corrected chi connectivity index (χ0v) is 16.1. The van der Waals surface area contributed by atoms with E-state index >= 15 is 0 Å². The van der Waals surface area contributed by atoms with E-state index in [0.29, 0.717) is 11.7 Å². The van der Waals surface area contributed by atoms with Crippen LogP contribution in [0.4, 0.5) is 10.1 Å². The summed E-state index contributed by atoms with van der Waals surface area (Å²) in [4.78, 5) is 14.0. The van der Waals surface area contributed by atoms with Crippen molar-refractivity contribution in [1.82, 2.24) is 10.4 Å². The number of nitrogens with one attached hydrogen (secondary N) is 2. The minimum Gasteiger partial charge on any atom is -0.489 e. The topological polar surface area (TPSA) is 102 Å². The third-order valence-corrected chi connectivity index (χ3v) is 4.46. The van der Waals surface area contributed by atoms with Crippen molar-refractivity contribution in [3.63, 3.8) is 0 Å². The van der Waals surface area contributed by atoms with Gasteiger partial charge in [-0.2, -0.15) is 5.10 Å². The lowest BCUT2D eigenvalue weighted by molar-refractivity contribution is -0.380. The molecular weight excluding hydrogens is 398 g/mol. The van der Waals surface area contributed by atoms with Crippen molar-refractivity contribution in [2.75, 3.05) is 5.32 Å². The number of thiocarbonyl (C=S) groups is 1. The molecule has 8 nitrogen and oxygen atoms in total. The Morgan fingerprint density at radius 1 is 1.25 bits per heavy atom. The number of ether oxygens (including phenoxy) is 1. The highest BCUT2D eigenvalue weighted by molar-refractivity contribution is 7.80. The van der Waals surface area contributed by atoms with Crippen LogP contribution in [0.15, 0.2) is 65.9 Å². The SMILES string of the molecule is O=[N+]([O-])c1cnc(NC(=S)N/N=C\c2ccc(OCc3ccccc3)cc2)s1. The first kappa shape index (κ1) is 19.4. The van der Waals surface area contributed by atoms with Gasteiger partial charge in [0.1, 0.15) is 18.6 Å². The summed E-state index contributed by atoms with van der Waals surface area (Å²) in [6, 6.07) is 17.4. The highest BCUT2D eigenvalue weighted by Gasteiger charge is 2.11. The summed E-state index contributed by atoms with van der Waals surface area (Å²) in [6.45, 7) is 0.505. The van der Waals surface area contributed by atoms with Crippen LogP contribution in [0.2, 0.25) is 0 Å². The van der Waals surface area contributed by atoms with E-state index in [1.54, 1.807) is 6.21 Å². The molecule has 0 aliphatic carbocycles. The van der Waals surface area contributed by atoms with Gasteiger partial charge in [-0.3, -0.25) is 15.5 Å². The predicted octanol–water partition coefficient (Wildman–Crippen LogP) is 3.95. The van der Waals surface area contributed by atoms with Crippen molar-refractivity contribution >= 4 is 45.0 Å². The Labute approximate surface area is 170 Å². The molecular formula is C18H15N5O3S2. The first-order valence-electron chi connectivity index (χ1n) is 8.07. The van der Waals surface area contributed by atoms with Gasteiger partial charge in [0, 0.05) is 0 Å². The number of anilines is 1. The summed E-state index contributed by atoms with van der Waals surface area (Å²) < 4.78 is 5.73. The molecule has 0 bridgehead atoms. The molecule has 0 spiro atoms. The molecule has 1 heterocycles. The molecule has 0 fully saturated rings. The van der Waals surface area contributed by atoms with Crippen LogP contribution in [-0.2, 0) is 6.61 Å². The third-order valence-electron chi connectivity index (χ3n) is 3.40. The lowest BCUT2D eigenvalue weighted by atomic mass is 10.2. The van der Waals surface area contributed by atoms with Crippen molar-refractivity contribution in [2.45, 2.75) is 6.61 Å². The van der Waals surface area contributed by atoms with E-state index in [1.165, 1.54) is 6.20 Å². The summed E-state index contributed by atoms with van der Waals surface area (Å²) in [5.41, 5.74) is 4.59. The van der Waals surface area contributed by atoms with Crippen LogP contribution in [0.1, 0.15) is 11.1 Å². The number of hydrogen-bond acceptors (Lipinski definition) is 7. The normalized spacial score (nSPS) is 10.6. The van der Waals surface area contributed by atoms with E-state index in [4.69, 9.17) is 17.0 Å². The quantitative estimate of drug-likeness (QED) is 0.262. The van der Waals surface area contributed by atoms with Gasteiger partial charge in [0.05, 0.1) is 11.1 Å². The lowest BCUT2D eigenvalue weighted by Crippen LogP contribution is -2.23. The molecule has 0 radical (unpaired) electrons. The number of nitrogens with zero attached hydrogens (tertiary/aromatic N) is 3. The second-order valence-corrected chi connectivity index (χ2v) is 6.85. The maximum atomic E-state index is 10.6. The first-order valence-corrected chi connectivity index (χ1v) is 9.30. The van der Waals surface area contributed by atoms with Crippen molar-refractivity contribution < 1.29 is 9.66 Å². The lowest BCUT2D eigenvalue weighted by Gasteiger charge is -2.06. The van der Waals surface area contributed by atoms with Gasteiger partial charge in [0.2, 0.25) is 0 Å². The van der Waals surface area contributed by atoms with Crippen molar-refractivity contribution in [1.29, 1.82) is 0 Å². The second-order valence-electron chi connectivity index (χ2n) is 5.43. The van der Waals surface area contributed by atoms with E-state index in [1.807, 2.05) is 54.6 Å². The number of rotatable bonds is 7. The molecule has 142 valence electrons. The molecule has 2 aromatic carbocycles. The number of hydrazone groups is 1. The molecule has 3 aromatic rings. The number of aromatic nitrogens is 1. The summed E-state index contributed by atoms with van der Waals surface area (Å²) in [5.74, 6) is 0.761. The van der Waals surface area contributed by atoms with Gasteiger partial charge in [-0.05, 0) is 58.9 Å². The van der Waals surface area contributed by atoms with E-state index in [0.717, 1.165) is 28.2 Å². The van der Waals surface area contributed by atoms with Gasteiger partial charge in [-0.1, -0.05) is 30.3 Å². The van der Waals surface area contributed by atoms with Gasteiger partial charge in [-0.25, -0.2) is 4.98 Å². The summed E-state index contributed by atoms with van der Waals surface area (Å²) in [5, 5.41) is 17.8. The summed E-state index contributed by atoms with van der Waals surface area (Å²) >= 11 is 5.96. The van der Waals surface area contributed by atoms with Gasteiger partial charge in [-0.15, -0.1) is 0 Å². The molecule has 0 saturated carbocycles. The van der Waals surface area contributed by atoms with Crippen LogP contribution in [0.5, 0.6) is 5.75 Å². The Balaban J connectivity index is 1.46. The fourth-order valence-corrected chi connectivity index (χ4v) is 2.94. The molecule has 3 rings (SSSR count). The fourth-order valence-electron chi connectivity index (χ4n) is 2.09. The Morgan fingerprint density at radius 2 is 2.00 bits per heavy atom. The Hall–Kier alpha value is -3.37. The van der Waals surface area contributed by atoms with Gasteiger partial charge in [0.25, 0.3) is 0 Å². The van der Waals surface area contributed by atoms with Crippen LogP contribution < -0.4 is 15.5 Å². The zero-order valence-electron chi connectivity index (χ0n) is 14.4. The van der Waals surface area contributed by atoms with E-state index < -0.39 is 4.92 Å². The third kappa shape index (κ3) is 5.83. The highest BCUT2D eigenvalue weighted by Crippen LogP contribution is 2.24. The van der Waals surface area contributed by atoms with Crippen molar-refractivity contribution in [2.24, 2.45) is 5.10 Å². The van der Waals surface area contributed by atoms with Crippen LogP contribution in [0.25, 0.3) is 0 Å². The number of nitro groups is 1. The average molecular weight is 413 g/mol. The molecule has 0 aliphatic rings. The van der Waals surface area contributed by atoms with Crippen LogP contribution in [0, 0.1) is 10.1 Å². The monoisotopic (exact) mass is 413 g/mol. The molecule has 28 heavy (non-hydrogen) atoms. The second kappa shape index (κ2) is 9.53. The van der Waals surface area contributed by atoms with Crippen molar-refractivity contribution in [3.8, 4) is 5.75 Å². The van der Waals surface area contributed by atoms with Crippen LogP contribution in [-0.4, -0.2) is 21.2 Å². The Morgan fingerprint density at radius 3 is 2.68 bits per heavy atom. The predicted molar refractivity (Wildman–Crippen MR) is 113 cm³/mol. The number of thiazole rings is 1. The Kier molecular flexibility index (Phi) is 6.60. The average Bonchev–Trinajstić information content (AvgIpc) is 3.17. The summed E-state index contributed by atoms with van der Waals surface area (Å²) in [6.07, 6.45) is 2.76. The van der Waals surface area contributed by atoms with E-state index in [-0.39, 0.29) is 10.1 Å². The smallest absolute Gasteiger partial charge is 0.345 e. The van der Waals surface area contributed by atoms with Crippen molar-refractivity contribution in [3.05, 3.63) is 82.0 Å². The fraction of sp³-hybridized carbons (Fsp3) is 0.0556. The maximum absolute atomic E-state index is 10.6. The van der Waals surface area contributed by atoms with Crippen LogP contribution in [0.3, 0.4) is 0 Å². The van der Waals surface area contributed by atoms with Gasteiger partial charge in [0.15, 0.2) is 10.2 Å². The van der Waals surface area contributed by atoms with E-state index in [2.05, 4.69) is 20.8 Å². The molecule has 0 atom stereocenters. The first-order chi connectivity index (χ1) is 13.6. The Bertz CT molecular complexity index is 974. The number of hydrogen-bond donors (Lipinski definition) is 2. The zero-order chi connectivity index (χ0) is 19.8. The van der Waals surface area contributed by atoms with Gasteiger partial charge < -0.3 is 10.1 Å². The molecule has 1 aromatic heterocycles. The maximum Gasteiger partial charge on any atom is 0.345 e. The van der Waals surface area contributed by atoms with E-state index in [9.17, 15) is 10.1 Å². The molecule has 0 saturated heterocycles. The molecule has 10 heteroatoms. The molecule has 0 aliphatic heterocycles. The molecule has 2 N–H and O–H groups in total. The minimum absolute atomic E-state index is 0.0663. The largest absolute Gasteiger partial charge is 0.489 e. The summed E-state index contributed by atoms with van der Waals surface area (Å²) in [7, 11) is 0.